The lowest BCUT2D eigenvalue weighted by Crippen LogP contribution is -2.18. The van der Waals surface area contributed by atoms with Crippen LogP contribution in [0.2, 0.25) is 0 Å². The number of carbonyl (C=O) groups is 1. The van der Waals surface area contributed by atoms with E-state index in [0.717, 1.165) is 0 Å². The van der Waals surface area contributed by atoms with Gasteiger partial charge in [0.05, 0.1) is 5.56 Å². The van der Waals surface area contributed by atoms with Crippen LogP contribution in [0.1, 0.15) is 42.6 Å². The average Bonchev–Trinajstić information content (AvgIpc) is 2.30. The molecule has 2 N–H and O–H groups in total. The minimum Gasteiger partial charge on any atom is -0.459 e. The van der Waals surface area contributed by atoms with Gasteiger partial charge in [-0.15, -0.1) is 0 Å². The van der Waals surface area contributed by atoms with Crippen molar-refractivity contribution in [2.45, 2.75) is 39.7 Å². The van der Waals surface area contributed by atoms with E-state index in [4.69, 9.17) is 10.5 Å². The SMILES string of the molecule is CCC(CC)OC(=O)c1cc(N)cc(C)c1F. The third-order valence-corrected chi connectivity index (χ3v) is 2.68. The molecule has 0 unspecified atom stereocenters. The highest BCUT2D eigenvalue weighted by Gasteiger charge is 2.18. The van der Waals surface area contributed by atoms with Crippen LogP contribution in [-0.4, -0.2) is 12.1 Å². The van der Waals surface area contributed by atoms with E-state index in [1.165, 1.54) is 12.1 Å². The summed E-state index contributed by atoms with van der Waals surface area (Å²) in [6.07, 6.45) is 1.25. The zero-order chi connectivity index (χ0) is 13.0. The number of aryl methyl sites for hydroxylation is 1. The molecule has 0 aromatic heterocycles. The van der Waals surface area contributed by atoms with E-state index in [-0.39, 0.29) is 11.7 Å². The van der Waals surface area contributed by atoms with Crippen molar-refractivity contribution < 1.29 is 13.9 Å². The van der Waals surface area contributed by atoms with Crippen molar-refractivity contribution in [3.05, 3.63) is 29.1 Å². The van der Waals surface area contributed by atoms with Crippen molar-refractivity contribution >= 4 is 11.7 Å². The number of ether oxygens (including phenoxy) is 1. The molecule has 1 aromatic carbocycles. The number of anilines is 1. The van der Waals surface area contributed by atoms with Crippen LogP contribution in [0, 0.1) is 12.7 Å². The van der Waals surface area contributed by atoms with Crippen LogP contribution < -0.4 is 5.73 Å². The molecule has 0 aliphatic heterocycles. The molecule has 1 aromatic rings. The smallest absolute Gasteiger partial charge is 0.341 e. The number of nitrogens with two attached hydrogens (primary N) is 1. The van der Waals surface area contributed by atoms with E-state index < -0.39 is 11.8 Å². The Hall–Kier alpha value is -1.58. The molecule has 0 spiro atoms. The van der Waals surface area contributed by atoms with Crippen molar-refractivity contribution in [1.82, 2.24) is 0 Å². The Labute approximate surface area is 101 Å². The number of nitrogen functional groups attached to an aromatic ring is 1. The normalized spacial score (nSPS) is 10.6. The highest BCUT2D eigenvalue weighted by Crippen LogP contribution is 2.19. The van der Waals surface area contributed by atoms with Crippen LogP contribution in [0.3, 0.4) is 0 Å². The number of halogens is 1. The van der Waals surface area contributed by atoms with E-state index in [2.05, 4.69) is 0 Å². The summed E-state index contributed by atoms with van der Waals surface area (Å²) < 4.78 is 18.9. The largest absolute Gasteiger partial charge is 0.459 e. The van der Waals surface area contributed by atoms with Gasteiger partial charge >= 0.3 is 5.97 Å². The number of esters is 1. The molecule has 0 radical (unpaired) electrons. The Bertz CT molecular complexity index is 414. The molecule has 17 heavy (non-hydrogen) atoms. The number of hydrogen-bond donors (Lipinski definition) is 1. The molecule has 3 nitrogen and oxygen atoms in total. The van der Waals surface area contributed by atoms with Crippen LogP contribution in [0.4, 0.5) is 10.1 Å². The molecule has 4 heteroatoms. The van der Waals surface area contributed by atoms with Crippen LogP contribution in [-0.2, 0) is 4.74 Å². The maximum absolute atomic E-state index is 13.7. The van der Waals surface area contributed by atoms with Crippen molar-refractivity contribution in [1.29, 1.82) is 0 Å². The quantitative estimate of drug-likeness (QED) is 0.649. The zero-order valence-corrected chi connectivity index (χ0v) is 10.4. The van der Waals surface area contributed by atoms with Crippen molar-refractivity contribution in [2.24, 2.45) is 0 Å². The molecule has 0 atom stereocenters. The van der Waals surface area contributed by atoms with E-state index in [1.54, 1.807) is 6.92 Å². The lowest BCUT2D eigenvalue weighted by molar-refractivity contribution is 0.0279. The lowest BCUT2D eigenvalue weighted by Gasteiger charge is -2.15. The summed E-state index contributed by atoms with van der Waals surface area (Å²) in [4.78, 5) is 11.8. The topological polar surface area (TPSA) is 52.3 Å². The molecule has 0 aliphatic rings. The molecular weight excluding hydrogens is 221 g/mol. The molecule has 0 heterocycles. The highest BCUT2D eigenvalue weighted by molar-refractivity contribution is 5.91. The maximum atomic E-state index is 13.7. The fourth-order valence-electron chi connectivity index (χ4n) is 1.62. The standard InChI is InChI=1S/C13H18FNO2/c1-4-10(5-2)17-13(16)11-7-9(15)6-8(3)12(11)14/h6-7,10H,4-5,15H2,1-3H3. The second-order valence-corrected chi connectivity index (χ2v) is 4.04. The van der Waals surface area contributed by atoms with Gasteiger partial charge in [0, 0.05) is 5.69 Å². The van der Waals surface area contributed by atoms with Gasteiger partial charge in [-0.1, -0.05) is 13.8 Å². The van der Waals surface area contributed by atoms with Crippen LogP contribution in [0.15, 0.2) is 12.1 Å². The van der Waals surface area contributed by atoms with Crippen LogP contribution in [0.5, 0.6) is 0 Å². The second kappa shape index (κ2) is 5.66. The van der Waals surface area contributed by atoms with Gasteiger partial charge < -0.3 is 10.5 Å². The van der Waals surface area contributed by atoms with Crippen LogP contribution >= 0.6 is 0 Å². The number of rotatable bonds is 4. The first-order valence-electron chi connectivity index (χ1n) is 5.76. The average molecular weight is 239 g/mol. The van der Waals surface area contributed by atoms with E-state index >= 15 is 0 Å². The Balaban J connectivity index is 2.96. The molecule has 0 saturated heterocycles. The molecular formula is C13H18FNO2. The molecule has 0 fully saturated rings. The van der Waals surface area contributed by atoms with Crippen molar-refractivity contribution in [3.63, 3.8) is 0 Å². The summed E-state index contributed by atoms with van der Waals surface area (Å²) in [5, 5.41) is 0. The molecule has 0 amide bonds. The Kier molecular flexibility index (Phi) is 4.49. The summed E-state index contributed by atoms with van der Waals surface area (Å²) in [7, 11) is 0. The van der Waals surface area contributed by atoms with Crippen molar-refractivity contribution in [2.75, 3.05) is 5.73 Å². The monoisotopic (exact) mass is 239 g/mol. The predicted octanol–water partition coefficient (Wildman–Crippen LogP) is 3.06. The van der Waals surface area contributed by atoms with Gasteiger partial charge in [0.1, 0.15) is 11.9 Å². The van der Waals surface area contributed by atoms with E-state index in [1.807, 2.05) is 13.8 Å². The van der Waals surface area contributed by atoms with Gasteiger partial charge in [-0.2, -0.15) is 0 Å². The first-order valence-corrected chi connectivity index (χ1v) is 5.76. The van der Waals surface area contributed by atoms with Gasteiger partial charge in [-0.25, -0.2) is 9.18 Å². The fourth-order valence-corrected chi connectivity index (χ4v) is 1.62. The summed E-state index contributed by atoms with van der Waals surface area (Å²) in [5.74, 6) is -1.21. The summed E-state index contributed by atoms with van der Waals surface area (Å²) >= 11 is 0. The Morgan fingerprint density at radius 3 is 2.53 bits per heavy atom. The minimum absolute atomic E-state index is 0.0885. The Morgan fingerprint density at radius 1 is 1.41 bits per heavy atom. The summed E-state index contributed by atoms with van der Waals surface area (Å²) in [6.45, 7) is 5.41. The van der Waals surface area contributed by atoms with Crippen molar-refractivity contribution in [3.8, 4) is 0 Å². The van der Waals surface area contributed by atoms with Gasteiger partial charge in [-0.05, 0) is 37.5 Å². The second-order valence-electron chi connectivity index (χ2n) is 4.04. The third-order valence-electron chi connectivity index (χ3n) is 2.68. The predicted molar refractivity (Wildman–Crippen MR) is 65.3 cm³/mol. The molecule has 1 rings (SSSR count). The van der Waals surface area contributed by atoms with Gasteiger partial charge in [0.25, 0.3) is 0 Å². The third kappa shape index (κ3) is 3.19. The highest BCUT2D eigenvalue weighted by atomic mass is 19.1. The summed E-state index contributed by atoms with van der Waals surface area (Å²) in [5.41, 5.74) is 6.21. The minimum atomic E-state index is -0.647. The molecule has 0 saturated carbocycles. The lowest BCUT2D eigenvalue weighted by atomic mass is 10.1. The van der Waals surface area contributed by atoms with Gasteiger partial charge in [0.2, 0.25) is 0 Å². The van der Waals surface area contributed by atoms with Gasteiger partial charge in [-0.3, -0.25) is 0 Å². The van der Waals surface area contributed by atoms with Gasteiger partial charge in [0.15, 0.2) is 0 Å². The number of carbonyl (C=O) groups excluding carboxylic acids is 1. The Morgan fingerprint density at radius 2 is 2.00 bits per heavy atom. The summed E-state index contributed by atoms with van der Waals surface area (Å²) in [6, 6.07) is 2.80. The van der Waals surface area contributed by atoms with Crippen LogP contribution in [0.25, 0.3) is 0 Å². The first kappa shape index (κ1) is 13.5. The maximum Gasteiger partial charge on any atom is 0.341 e. The number of hydrogen-bond acceptors (Lipinski definition) is 3. The molecule has 94 valence electrons. The van der Waals surface area contributed by atoms with E-state index in [0.29, 0.717) is 24.1 Å². The fraction of sp³-hybridized carbons (Fsp3) is 0.462. The number of benzene rings is 1. The van der Waals surface area contributed by atoms with E-state index in [9.17, 15) is 9.18 Å². The zero-order valence-electron chi connectivity index (χ0n) is 10.4. The molecule has 0 bridgehead atoms. The molecule has 0 aliphatic carbocycles. The first-order chi connectivity index (χ1) is 7.99.